The minimum atomic E-state index is -0.459. The van der Waals surface area contributed by atoms with E-state index in [0.717, 1.165) is 19.2 Å². The second kappa shape index (κ2) is 4.06. The molecule has 0 bridgehead atoms. The van der Waals surface area contributed by atoms with Gasteiger partial charge in [0.15, 0.2) is 5.78 Å². The van der Waals surface area contributed by atoms with E-state index in [0.29, 0.717) is 5.56 Å². The Balaban J connectivity index is 2.20. The molecular weight excluding hydrogens is 195 g/mol. The molecule has 2 heterocycles. The van der Waals surface area contributed by atoms with E-state index in [1.807, 2.05) is 6.92 Å². The van der Waals surface area contributed by atoms with Crippen molar-refractivity contribution in [3.8, 4) is 0 Å². The van der Waals surface area contributed by atoms with Crippen molar-refractivity contribution in [3.05, 3.63) is 29.8 Å². The van der Waals surface area contributed by atoms with Gasteiger partial charge < -0.3 is 5.32 Å². The van der Waals surface area contributed by atoms with Gasteiger partial charge in [0.05, 0.1) is 6.20 Å². The van der Waals surface area contributed by atoms with Gasteiger partial charge in [-0.1, -0.05) is 0 Å². The predicted molar refractivity (Wildman–Crippen MR) is 54.1 cm³/mol. The van der Waals surface area contributed by atoms with E-state index in [1.54, 1.807) is 0 Å². The Bertz CT molecular complexity index is 381. The molecule has 0 aromatic carbocycles. The fraction of sp³-hybridized carbons (Fsp3) is 0.455. The van der Waals surface area contributed by atoms with E-state index < -0.39 is 5.82 Å². The van der Waals surface area contributed by atoms with Crippen LogP contribution in [0.1, 0.15) is 23.7 Å². The minimum Gasteiger partial charge on any atom is -0.313 e. The summed E-state index contributed by atoms with van der Waals surface area (Å²) in [6.45, 7) is 2.82. The summed E-state index contributed by atoms with van der Waals surface area (Å²) in [5.41, 5.74) is 0.371. The van der Waals surface area contributed by atoms with Crippen LogP contribution < -0.4 is 5.32 Å². The third kappa shape index (κ3) is 2.04. The average molecular weight is 208 g/mol. The van der Waals surface area contributed by atoms with Gasteiger partial charge in [-0.05, 0) is 26.0 Å². The van der Waals surface area contributed by atoms with Crippen molar-refractivity contribution < 1.29 is 9.18 Å². The number of ketones is 1. The van der Waals surface area contributed by atoms with E-state index >= 15 is 0 Å². The number of carbonyl (C=O) groups is 1. The highest BCUT2D eigenvalue weighted by Gasteiger charge is 2.30. The van der Waals surface area contributed by atoms with Crippen molar-refractivity contribution in [2.24, 2.45) is 5.92 Å². The molecule has 0 spiro atoms. The van der Waals surface area contributed by atoms with Gasteiger partial charge in [-0.2, -0.15) is 0 Å². The molecule has 3 nitrogen and oxygen atoms in total. The molecule has 15 heavy (non-hydrogen) atoms. The van der Waals surface area contributed by atoms with E-state index in [-0.39, 0.29) is 17.7 Å². The Morgan fingerprint density at radius 2 is 2.40 bits per heavy atom. The molecule has 1 aromatic heterocycles. The topological polar surface area (TPSA) is 42.0 Å². The van der Waals surface area contributed by atoms with Crippen LogP contribution in [0.5, 0.6) is 0 Å². The lowest BCUT2D eigenvalue weighted by Crippen LogP contribution is -2.28. The molecule has 2 unspecified atom stereocenters. The van der Waals surface area contributed by atoms with Crippen LogP contribution in [0.2, 0.25) is 0 Å². The Morgan fingerprint density at radius 1 is 1.60 bits per heavy atom. The molecule has 1 aromatic rings. The van der Waals surface area contributed by atoms with Gasteiger partial charge in [-0.3, -0.25) is 9.78 Å². The van der Waals surface area contributed by atoms with Crippen LogP contribution >= 0.6 is 0 Å². The molecule has 0 aliphatic carbocycles. The highest BCUT2D eigenvalue weighted by atomic mass is 19.1. The molecule has 2 rings (SSSR count). The van der Waals surface area contributed by atoms with Crippen LogP contribution in [0.3, 0.4) is 0 Å². The van der Waals surface area contributed by atoms with Gasteiger partial charge in [-0.15, -0.1) is 0 Å². The molecule has 0 radical (unpaired) electrons. The van der Waals surface area contributed by atoms with Crippen LogP contribution in [0.15, 0.2) is 18.5 Å². The number of hydrogen-bond donors (Lipinski definition) is 1. The van der Waals surface area contributed by atoms with E-state index in [1.165, 1.54) is 12.3 Å². The van der Waals surface area contributed by atoms with E-state index in [9.17, 15) is 9.18 Å². The first-order chi connectivity index (χ1) is 7.18. The number of Topliss-reactive ketones (excluding diaryl/α,β-unsaturated/α-hetero) is 1. The third-order valence-corrected chi connectivity index (χ3v) is 2.85. The minimum absolute atomic E-state index is 0.0144. The number of nitrogens with zero attached hydrogens (tertiary/aromatic N) is 1. The van der Waals surface area contributed by atoms with Crippen molar-refractivity contribution >= 4 is 5.78 Å². The summed E-state index contributed by atoms with van der Waals surface area (Å²) in [7, 11) is 0. The van der Waals surface area contributed by atoms with E-state index in [4.69, 9.17) is 0 Å². The second-order valence-electron chi connectivity index (χ2n) is 3.89. The highest BCUT2D eigenvalue weighted by Crippen LogP contribution is 2.20. The quantitative estimate of drug-likeness (QED) is 0.747. The number of pyridine rings is 1. The second-order valence-corrected chi connectivity index (χ2v) is 3.89. The standard InChI is InChI=1S/C11H13FN2O/c1-7-10(2-3-14-7)11(15)8-4-9(12)6-13-5-8/h4-7,10,14H,2-3H2,1H3. The Kier molecular flexibility index (Phi) is 2.77. The Morgan fingerprint density at radius 3 is 3.00 bits per heavy atom. The highest BCUT2D eigenvalue weighted by molar-refractivity contribution is 5.98. The van der Waals surface area contributed by atoms with Crippen LogP contribution in [-0.2, 0) is 0 Å². The molecular formula is C11H13FN2O. The zero-order valence-corrected chi connectivity index (χ0v) is 8.53. The maximum absolute atomic E-state index is 12.9. The Hall–Kier alpha value is -1.29. The molecule has 1 saturated heterocycles. The molecule has 0 amide bonds. The molecule has 1 aliphatic heterocycles. The zero-order chi connectivity index (χ0) is 10.8. The molecule has 80 valence electrons. The smallest absolute Gasteiger partial charge is 0.169 e. The molecule has 1 N–H and O–H groups in total. The SMILES string of the molecule is CC1NCCC1C(=O)c1cncc(F)c1. The summed E-state index contributed by atoms with van der Waals surface area (Å²) in [5, 5.41) is 3.20. The maximum Gasteiger partial charge on any atom is 0.169 e. The Labute approximate surface area is 87.7 Å². The summed E-state index contributed by atoms with van der Waals surface area (Å²) >= 11 is 0. The number of nitrogens with one attached hydrogen (secondary N) is 1. The summed E-state index contributed by atoms with van der Waals surface area (Å²) in [5.74, 6) is -0.521. The maximum atomic E-state index is 12.9. The van der Waals surface area contributed by atoms with Crippen molar-refractivity contribution in [1.29, 1.82) is 0 Å². The van der Waals surface area contributed by atoms with Gasteiger partial charge in [-0.25, -0.2) is 4.39 Å². The van der Waals surface area contributed by atoms with Crippen LogP contribution in [-0.4, -0.2) is 23.4 Å². The number of hydrogen-bond acceptors (Lipinski definition) is 3. The lowest BCUT2D eigenvalue weighted by atomic mass is 9.93. The van der Waals surface area contributed by atoms with Crippen LogP contribution in [0.4, 0.5) is 4.39 Å². The number of carbonyl (C=O) groups excluding carboxylic acids is 1. The lowest BCUT2D eigenvalue weighted by Gasteiger charge is -2.13. The summed E-state index contributed by atoms with van der Waals surface area (Å²) in [6, 6.07) is 1.42. The summed E-state index contributed by atoms with van der Waals surface area (Å²) < 4.78 is 12.9. The molecule has 2 atom stereocenters. The van der Waals surface area contributed by atoms with Gasteiger partial charge in [0.25, 0.3) is 0 Å². The fourth-order valence-corrected chi connectivity index (χ4v) is 1.98. The number of aromatic nitrogens is 1. The molecule has 1 fully saturated rings. The van der Waals surface area contributed by atoms with E-state index in [2.05, 4.69) is 10.3 Å². The van der Waals surface area contributed by atoms with Gasteiger partial charge in [0.1, 0.15) is 5.82 Å². The third-order valence-electron chi connectivity index (χ3n) is 2.85. The normalized spacial score (nSPS) is 25.5. The molecule has 1 aliphatic rings. The van der Waals surface area contributed by atoms with Crippen molar-refractivity contribution in [2.75, 3.05) is 6.54 Å². The first-order valence-electron chi connectivity index (χ1n) is 5.06. The largest absolute Gasteiger partial charge is 0.313 e. The van der Waals surface area contributed by atoms with Crippen LogP contribution in [0.25, 0.3) is 0 Å². The first-order valence-corrected chi connectivity index (χ1v) is 5.06. The fourth-order valence-electron chi connectivity index (χ4n) is 1.98. The van der Waals surface area contributed by atoms with Gasteiger partial charge >= 0.3 is 0 Å². The van der Waals surface area contributed by atoms with Crippen molar-refractivity contribution in [3.63, 3.8) is 0 Å². The number of halogens is 1. The first kappa shape index (κ1) is 10.2. The molecule has 0 saturated carbocycles. The predicted octanol–water partition coefficient (Wildman–Crippen LogP) is 1.40. The van der Waals surface area contributed by atoms with Crippen molar-refractivity contribution in [1.82, 2.24) is 10.3 Å². The summed E-state index contributed by atoms with van der Waals surface area (Å²) in [4.78, 5) is 15.6. The average Bonchev–Trinajstić information content (AvgIpc) is 2.63. The lowest BCUT2D eigenvalue weighted by molar-refractivity contribution is 0.0913. The van der Waals surface area contributed by atoms with Gasteiger partial charge in [0.2, 0.25) is 0 Å². The van der Waals surface area contributed by atoms with Gasteiger partial charge in [0, 0.05) is 23.7 Å². The number of rotatable bonds is 2. The summed E-state index contributed by atoms with van der Waals surface area (Å²) in [6.07, 6.45) is 3.35. The monoisotopic (exact) mass is 208 g/mol. The molecule has 4 heteroatoms. The van der Waals surface area contributed by atoms with Crippen LogP contribution in [0, 0.1) is 11.7 Å². The zero-order valence-electron chi connectivity index (χ0n) is 8.53. The van der Waals surface area contributed by atoms with Crippen molar-refractivity contribution in [2.45, 2.75) is 19.4 Å².